The Morgan fingerprint density at radius 2 is 1.91 bits per heavy atom. The lowest BCUT2D eigenvalue weighted by Gasteiger charge is -2.25. The summed E-state index contributed by atoms with van der Waals surface area (Å²) in [6, 6.07) is 10.5. The second kappa shape index (κ2) is 6.96. The molecule has 1 aromatic heterocycles. The molecule has 2 aromatic rings. The molecule has 1 heterocycles. The lowest BCUT2D eigenvalue weighted by molar-refractivity contribution is -0.115. The SMILES string of the molecule is NC(=O)CSc1nnc(-c2ccccc2)n1C1CCCCC1. The number of hydrogen-bond donors (Lipinski definition) is 1. The van der Waals surface area contributed by atoms with Gasteiger partial charge in [-0.15, -0.1) is 10.2 Å². The number of nitrogens with zero attached hydrogens (tertiary/aromatic N) is 3. The standard InChI is InChI=1S/C16H20N4OS/c17-14(21)11-22-16-19-18-15(12-7-3-1-4-8-12)20(16)13-9-5-2-6-10-13/h1,3-4,7-8,13H,2,5-6,9-11H2,(H2,17,21). The largest absolute Gasteiger partial charge is 0.369 e. The van der Waals surface area contributed by atoms with E-state index in [4.69, 9.17) is 5.73 Å². The Morgan fingerprint density at radius 1 is 1.18 bits per heavy atom. The highest BCUT2D eigenvalue weighted by molar-refractivity contribution is 7.99. The lowest BCUT2D eigenvalue weighted by Crippen LogP contribution is -2.17. The van der Waals surface area contributed by atoms with E-state index in [2.05, 4.69) is 14.8 Å². The van der Waals surface area contributed by atoms with Crippen molar-refractivity contribution in [3.63, 3.8) is 0 Å². The van der Waals surface area contributed by atoms with Crippen LogP contribution in [-0.2, 0) is 4.79 Å². The van der Waals surface area contributed by atoms with Gasteiger partial charge in [0.2, 0.25) is 5.91 Å². The lowest BCUT2D eigenvalue weighted by atomic mass is 9.95. The Labute approximate surface area is 134 Å². The van der Waals surface area contributed by atoms with Gasteiger partial charge in [0.1, 0.15) is 0 Å². The molecule has 0 aliphatic heterocycles. The summed E-state index contributed by atoms with van der Waals surface area (Å²) in [4.78, 5) is 11.1. The van der Waals surface area contributed by atoms with Crippen molar-refractivity contribution < 1.29 is 4.79 Å². The average Bonchev–Trinajstić information content (AvgIpc) is 2.98. The van der Waals surface area contributed by atoms with Gasteiger partial charge in [0.05, 0.1) is 5.75 Å². The molecule has 0 spiro atoms. The summed E-state index contributed by atoms with van der Waals surface area (Å²) in [7, 11) is 0. The van der Waals surface area contributed by atoms with E-state index in [1.165, 1.54) is 31.0 Å². The summed E-state index contributed by atoms with van der Waals surface area (Å²) in [6.07, 6.45) is 6.04. The first-order valence-electron chi connectivity index (χ1n) is 7.67. The van der Waals surface area contributed by atoms with Crippen LogP contribution in [0.1, 0.15) is 38.1 Å². The number of thioether (sulfide) groups is 1. The molecule has 116 valence electrons. The second-order valence-corrected chi connectivity index (χ2v) is 6.53. The smallest absolute Gasteiger partial charge is 0.227 e. The molecule has 1 aromatic carbocycles. The van der Waals surface area contributed by atoms with E-state index in [0.29, 0.717) is 6.04 Å². The van der Waals surface area contributed by atoms with Crippen LogP contribution in [0.25, 0.3) is 11.4 Å². The van der Waals surface area contributed by atoms with Gasteiger partial charge in [0.15, 0.2) is 11.0 Å². The first-order chi connectivity index (χ1) is 10.8. The van der Waals surface area contributed by atoms with Crippen LogP contribution in [-0.4, -0.2) is 26.4 Å². The van der Waals surface area contributed by atoms with E-state index in [1.54, 1.807) is 0 Å². The van der Waals surface area contributed by atoms with Gasteiger partial charge in [0.25, 0.3) is 0 Å². The molecule has 1 aliphatic rings. The van der Waals surface area contributed by atoms with Gasteiger partial charge in [-0.3, -0.25) is 9.36 Å². The maximum Gasteiger partial charge on any atom is 0.227 e. The van der Waals surface area contributed by atoms with Crippen molar-refractivity contribution in [2.75, 3.05) is 5.75 Å². The van der Waals surface area contributed by atoms with Crippen molar-refractivity contribution in [2.45, 2.75) is 43.3 Å². The molecule has 6 heteroatoms. The Bertz CT molecular complexity index is 635. The number of primary amides is 1. The molecular weight excluding hydrogens is 296 g/mol. The fourth-order valence-electron chi connectivity index (χ4n) is 2.96. The van der Waals surface area contributed by atoms with Crippen LogP contribution in [0.3, 0.4) is 0 Å². The third-order valence-electron chi connectivity index (χ3n) is 3.98. The van der Waals surface area contributed by atoms with Gasteiger partial charge in [0, 0.05) is 11.6 Å². The van der Waals surface area contributed by atoms with Crippen LogP contribution in [0.2, 0.25) is 0 Å². The number of carbonyl (C=O) groups excluding carboxylic acids is 1. The molecule has 0 atom stereocenters. The third-order valence-corrected chi connectivity index (χ3v) is 4.95. The average molecular weight is 316 g/mol. The fourth-order valence-corrected chi connectivity index (χ4v) is 3.71. The molecule has 1 amide bonds. The minimum Gasteiger partial charge on any atom is -0.369 e. The van der Waals surface area contributed by atoms with E-state index < -0.39 is 0 Å². The third kappa shape index (κ3) is 3.32. The first kappa shape index (κ1) is 15.1. The molecular formula is C16H20N4OS. The van der Waals surface area contributed by atoms with E-state index >= 15 is 0 Å². The second-order valence-electron chi connectivity index (χ2n) is 5.59. The van der Waals surface area contributed by atoms with Crippen molar-refractivity contribution >= 4 is 17.7 Å². The maximum absolute atomic E-state index is 11.1. The van der Waals surface area contributed by atoms with Crippen molar-refractivity contribution in [1.29, 1.82) is 0 Å². The molecule has 0 saturated heterocycles. The van der Waals surface area contributed by atoms with Gasteiger partial charge in [-0.1, -0.05) is 61.4 Å². The molecule has 2 N–H and O–H groups in total. The molecule has 0 radical (unpaired) electrons. The number of hydrogen-bond acceptors (Lipinski definition) is 4. The van der Waals surface area contributed by atoms with Gasteiger partial charge in [-0.2, -0.15) is 0 Å². The van der Waals surface area contributed by atoms with Crippen molar-refractivity contribution in [1.82, 2.24) is 14.8 Å². The van der Waals surface area contributed by atoms with Crippen LogP contribution in [0.15, 0.2) is 35.5 Å². The Balaban J connectivity index is 1.96. The van der Waals surface area contributed by atoms with Crippen molar-refractivity contribution in [2.24, 2.45) is 5.73 Å². The van der Waals surface area contributed by atoms with Crippen LogP contribution < -0.4 is 5.73 Å². The number of rotatable bonds is 5. The highest BCUT2D eigenvalue weighted by atomic mass is 32.2. The summed E-state index contributed by atoms with van der Waals surface area (Å²) in [5.74, 6) is 0.795. The van der Waals surface area contributed by atoms with Crippen LogP contribution in [0.4, 0.5) is 0 Å². The van der Waals surface area contributed by atoms with Crippen LogP contribution in [0, 0.1) is 0 Å². The topological polar surface area (TPSA) is 73.8 Å². The minimum atomic E-state index is -0.329. The summed E-state index contributed by atoms with van der Waals surface area (Å²) in [5, 5.41) is 9.48. The summed E-state index contributed by atoms with van der Waals surface area (Å²) < 4.78 is 2.21. The molecule has 22 heavy (non-hydrogen) atoms. The summed E-state index contributed by atoms with van der Waals surface area (Å²) in [6.45, 7) is 0. The first-order valence-corrected chi connectivity index (χ1v) is 8.65. The van der Waals surface area contributed by atoms with Crippen molar-refractivity contribution in [3.8, 4) is 11.4 Å². The Kier molecular flexibility index (Phi) is 4.77. The highest BCUT2D eigenvalue weighted by Gasteiger charge is 2.23. The van der Waals surface area contributed by atoms with Crippen LogP contribution >= 0.6 is 11.8 Å². The molecule has 1 fully saturated rings. The van der Waals surface area contributed by atoms with Crippen LogP contribution in [0.5, 0.6) is 0 Å². The molecule has 0 bridgehead atoms. The number of aromatic nitrogens is 3. The van der Waals surface area contributed by atoms with Gasteiger partial charge >= 0.3 is 0 Å². The molecule has 1 aliphatic carbocycles. The fraction of sp³-hybridized carbons (Fsp3) is 0.438. The predicted molar refractivity (Wildman–Crippen MR) is 87.5 cm³/mol. The molecule has 0 unspecified atom stereocenters. The highest BCUT2D eigenvalue weighted by Crippen LogP contribution is 2.35. The van der Waals surface area contributed by atoms with Gasteiger partial charge < -0.3 is 5.73 Å². The zero-order chi connectivity index (χ0) is 15.4. The summed E-state index contributed by atoms with van der Waals surface area (Å²) >= 11 is 1.38. The number of amides is 1. The molecule has 5 nitrogen and oxygen atoms in total. The monoisotopic (exact) mass is 316 g/mol. The van der Waals surface area contributed by atoms with E-state index in [1.807, 2.05) is 30.3 Å². The van der Waals surface area contributed by atoms with Gasteiger partial charge in [-0.25, -0.2) is 0 Å². The number of carbonyl (C=O) groups is 1. The Morgan fingerprint density at radius 3 is 2.59 bits per heavy atom. The predicted octanol–water partition coefficient (Wildman–Crippen LogP) is 3.03. The summed E-state index contributed by atoms with van der Waals surface area (Å²) in [5.41, 5.74) is 6.33. The normalized spacial score (nSPS) is 15.8. The van der Waals surface area contributed by atoms with Crippen molar-refractivity contribution in [3.05, 3.63) is 30.3 Å². The number of nitrogens with two attached hydrogens (primary N) is 1. The van der Waals surface area contributed by atoms with Gasteiger partial charge in [-0.05, 0) is 12.8 Å². The maximum atomic E-state index is 11.1. The molecule has 1 saturated carbocycles. The Hall–Kier alpha value is -1.82. The zero-order valence-electron chi connectivity index (χ0n) is 12.4. The minimum absolute atomic E-state index is 0.236. The molecule has 3 rings (SSSR count). The quantitative estimate of drug-likeness (QED) is 0.860. The van der Waals surface area contributed by atoms with E-state index in [-0.39, 0.29) is 11.7 Å². The van der Waals surface area contributed by atoms with E-state index in [9.17, 15) is 4.79 Å². The number of benzene rings is 1. The zero-order valence-corrected chi connectivity index (χ0v) is 13.3. The van der Waals surface area contributed by atoms with E-state index in [0.717, 1.165) is 29.4 Å².